The fourth-order valence-corrected chi connectivity index (χ4v) is 2.74. The molecule has 0 spiro atoms. The first-order valence-electron chi connectivity index (χ1n) is 4.74. The van der Waals surface area contributed by atoms with E-state index in [-0.39, 0.29) is 0 Å². The van der Waals surface area contributed by atoms with Gasteiger partial charge in [0, 0.05) is 5.92 Å². The van der Waals surface area contributed by atoms with E-state index in [1.165, 1.54) is 12.0 Å². The molecule has 0 aromatic heterocycles. The van der Waals surface area contributed by atoms with Gasteiger partial charge in [-0.05, 0) is 32.1 Å². The monoisotopic (exact) mass is 160 g/mol. The predicted molar refractivity (Wildman–Crippen MR) is 52.8 cm³/mol. The zero-order valence-corrected chi connectivity index (χ0v) is 7.88. The number of hydrogen-bond acceptors (Lipinski definition) is 0. The first-order chi connectivity index (χ1) is 5.74. The molecular formula is C12H16. The van der Waals surface area contributed by atoms with Crippen molar-refractivity contribution in [2.75, 3.05) is 0 Å². The van der Waals surface area contributed by atoms with Crippen molar-refractivity contribution in [2.24, 2.45) is 17.8 Å². The molecule has 0 nitrogen and oxygen atoms in total. The van der Waals surface area contributed by atoms with Gasteiger partial charge in [-0.3, -0.25) is 0 Å². The van der Waals surface area contributed by atoms with E-state index in [0.717, 1.165) is 11.8 Å². The lowest BCUT2D eigenvalue weighted by molar-refractivity contribution is 0.580. The van der Waals surface area contributed by atoms with E-state index < -0.39 is 0 Å². The summed E-state index contributed by atoms with van der Waals surface area (Å²) in [7, 11) is 0. The van der Waals surface area contributed by atoms with Gasteiger partial charge in [0.1, 0.15) is 0 Å². The third-order valence-corrected chi connectivity index (χ3v) is 3.20. The maximum Gasteiger partial charge on any atom is 0.00704 e. The smallest absolute Gasteiger partial charge is 0.00704 e. The van der Waals surface area contributed by atoms with Crippen LogP contribution in [0.25, 0.3) is 0 Å². The van der Waals surface area contributed by atoms with Crippen molar-refractivity contribution < 1.29 is 0 Å². The minimum Gasteiger partial charge on any atom is -0.0995 e. The Balaban J connectivity index is 2.35. The Morgan fingerprint density at radius 2 is 2.33 bits per heavy atom. The molecule has 0 heteroatoms. The van der Waals surface area contributed by atoms with Gasteiger partial charge in [-0.2, -0.15) is 0 Å². The molecule has 0 aromatic rings. The molecule has 2 rings (SSSR count). The molecule has 0 heterocycles. The molecule has 1 fully saturated rings. The summed E-state index contributed by atoms with van der Waals surface area (Å²) in [6.07, 6.45) is 8.35. The van der Waals surface area contributed by atoms with Crippen LogP contribution in [0.1, 0.15) is 20.3 Å². The van der Waals surface area contributed by atoms with Crippen LogP contribution in [-0.2, 0) is 0 Å². The molecule has 64 valence electrons. The fourth-order valence-electron chi connectivity index (χ4n) is 2.74. The lowest BCUT2D eigenvalue weighted by Gasteiger charge is -2.21. The van der Waals surface area contributed by atoms with Gasteiger partial charge in [0.15, 0.2) is 0 Å². The molecule has 0 radical (unpaired) electrons. The molecule has 2 aliphatic rings. The maximum atomic E-state index is 4.08. The molecule has 2 aliphatic carbocycles. The van der Waals surface area contributed by atoms with Crippen LogP contribution in [0, 0.1) is 17.8 Å². The van der Waals surface area contributed by atoms with Crippen molar-refractivity contribution in [3.05, 3.63) is 36.0 Å². The third kappa shape index (κ3) is 0.906. The molecule has 0 saturated heterocycles. The van der Waals surface area contributed by atoms with Crippen molar-refractivity contribution >= 4 is 0 Å². The lowest BCUT2D eigenvalue weighted by Crippen LogP contribution is -2.10. The summed E-state index contributed by atoms with van der Waals surface area (Å²) in [5.41, 5.74) is 2.94. The van der Waals surface area contributed by atoms with Crippen molar-refractivity contribution in [3.8, 4) is 0 Å². The molecule has 0 aliphatic heterocycles. The zero-order valence-electron chi connectivity index (χ0n) is 7.88. The van der Waals surface area contributed by atoms with Crippen LogP contribution in [0.5, 0.6) is 0 Å². The van der Waals surface area contributed by atoms with Gasteiger partial charge in [-0.1, -0.05) is 36.0 Å². The van der Waals surface area contributed by atoms with Crippen LogP contribution in [0.4, 0.5) is 0 Å². The summed E-state index contributed by atoms with van der Waals surface area (Å²) in [6, 6.07) is 0. The number of allylic oxidation sites excluding steroid dienone is 5. The highest BCUT2D eigenvalue weighted by Crippen LogP contribution is 2.49. The van der Waals surface area contributed by atoms with Crippen LogP contribution in [0.3, 0.4) is 0 Å². The molecule has 12 heavy (non-hydrogen) atoms. The second-order valence-corrected chi connectivity index (χ2v) is 4.00. The highest BCUT2D eigenvalue weighted by molar-refractivity contribution is 5.35. The quantitative estimate of drug-likeness (QED) is 0.516. The Bertz CT molecular complexity index is 268. The number of rotatable bonds is 1. The van der Waals surface area contributed by atoms with E-state index in [1.807, 2.05) is 0 Å². The van der Waals surface area contributed by atoms with E-state index in [2.05, 4.69) is 38.7 Å². The van der Waals surface area contributed by atoms with Gasteiger partial charge in [0.25, 0.3) is 0 Å². The average Bonchev–Trinajstić information content (AvgIpc) is 2.60. The normalized spacial score (nSPS) is 41.2. The van der Waals surface area contributed by atoms with E-state index in [1.54, 1.807) is 5.57 Å². The highest BCUT2D eigenvalue weighted by atomic mass is 14.4. The van der Waals surface area contributed by atoms with Gasteiger partial charge in [0.2, 0.25) is 0 Å². The topological polar surface area (TPSA) is 0 Å². The average molecular weight is 160 g/mol. The van der Waals surface area contributed by atoms with Crippen LogP contribution in [-0.4, -0.2) is 0 Å². The van der Waals surface area contributed by atoms with E-state index in [9.17, 15) is 0 Å². The molecule has 3 atom stereocenters. The fraction of sp³-hybridized carbons (Fsp3) is 0.500. The van der Waals surface area contributed by atoms with Gasteiger partial charge in [-0.15, -0.1) is 0 Å². The maximum absolute atomic E-state index is 4.08. The number of hydrogen-bond donors (Lipinski definition) is 0. The molecule has 3 unspecified atom stereocenters. The van der Waals surface area contributed by atoms with Crippen molar-refractivity contribution in [1.82, 2.24) is 0 Å². The van der Waals surface area contributed by atoms with E-state index in [4.69, 9.17) is 0 Å². The first-order valence-corrected chi connectivity index (χ1v) is 4.74. The largest absolute Gasteiger partial charge is 0.0995 e. The van der Waals surface area contributed by atoms with Crippen molar-refractivity contribution in [2.45, 2.75) is 20.3 Å². The minimum atomic E-state index is 0.657. The second-order valence-electron chi connectivity index (χ2n) is 4.00. The summed E-state index contributed by atoms with van der Waals surface area (Å²) in [4.78, 5) is 0. The van der Waals surface area contributed by atoms with E-state index >= 15 is 0 Å². The van der Waals surface area contributed by atoms with Crippen LogP contribution < -0.4 is 0 Å². The van der Waals surface area contributed by atoms with E-state index in [0.29, 0.717) is 5.92 Å². The zero-order chi connectivity index (χ0) is 8.72. The minimum absolute atomic E-state index is 0.657. The molecule has 1 saturated carbocycles. The lowest BCUT2D eigenvalue weighted by atomic mass is 9.84. The summed E-state index contributed by atoms with van der Waals surface area (Å²) >= 11 is 0. The summed E-state index contributed by atoms with van der Waals surface area (Å²) < 4.78 is 0. The van der Waals surface area contributed by atoms with Gasteiger partial charge >= 0.3 is 0 Å². The first kappa shape index (κ1) is 7.85. The summed E-state index contributed by atoms with van der Waals surface area (Å²) in [5.74, 6) is 2.16. The molecule has 0 amide bonds. The molecule has 2 bridgehead atoms. The Kier molecular flexibility index (Phi) is 1.71. The highest BCUT2D eigenvalue weighted by Gasteiger charge is 2.39. The predicted octanol–water partition coefficient (Wildman–Crippen LogP) is 3.33. The third-order valence-electron chi connectivity index (χ3n) is 3.20. The molecule has 0 aromatic carbocycles. The van der Waals surface area contributed by atoms with Gasteiger partial charge in [-0.25, -0.2) is 0 Å². The Labute approximate surface area is 74.7 Å². The molecular weight excluding hydrogens is 144 g/mol. The second kappa shape index (κ2) is 2.62. The van der Waals surface area contributed by atoms with Crippen LogP contribution >= 0.6 is 0 Å². The summed E-state index contributed by atoms with van der Waals surface area (Å²) in [6.45, 7) is 8.39. The SMILES string of the molecule is C=C(C)C1/C(=C/C)C2C=CC1C2. The standard InChI is InChI=1S/C12H16/c1-4-11-9-5-6-10(7-9)12(11)8(2)3/h4-6,9-10,12H,2,7H2,1,3H3/b11-4+. The van der Waals surface area contributed by atoms with Crippen LogP contribution in [0.15, 0.2) is 36.0 Å². The van der Waals surface area contributed by atoms with Gasteiger partial charge in [0.05, 0.1) is 0 Å². The Morgan fingerprint density at radius 1 is 1.58 bits per heavy atom. The van der Waals surface area contributed by atoms with Crippen molar-refractivity contribution in [3.63, 3.8) is 0 Å². The van der Waals surface area contributed by atoms with Crippen LogP contribution in [0.2, 0.25) is 0 Å². The Hall–Kier alpha value is -0.780. The number of fused-ring (bicyclic) bond motifs is 2. The molecule has 0 N–H and O–H groups in total. The Morgan fingerprint density at radius 3 is 2.83 bits per heavy atom. The van der Waals surface area contributed by atoms with Gasteiger partial charge < -0.3 is 0 Å². The van der Waals surface area contributed by atoms with Crippen molar-refractivity contribution in [1.29, 1.82) is 0 Å². The summed E-state index contributed by atoms with van der Waals surface area (Å²) in [5, 5.41) is 0.